The van der Waals surface area contributed by atoms with Gasteiger partial charge < -0.3 is 9.84 Å². The molecule has 0 aromatic heterocycles. The van der Waals surface area contributed by atoms with Crippen molar-refractivity contribution in [2.75, 3.05) is 6.61 Å². The van der Waals surface area contributed by atoms with Gasteiger partial charge in [-0.1, -0.05) is 24.3 Å². The van der Waals surface area contributed by atoms with E-state index in [0.29, 0.717) is 12.2 Å². The highest BCUT2D eigenvalue weighted by atomic mass is 16.5. The summed E-state index contributed by atoms with van der Waals surface area (Å²) in [6.07, 6.45) is 0. The number of benzene rings is 2. The van der Waals surface area contributed by atoms with Gasteiger partial charge >= 0.3 is 11.9 Å². The third kappa shape index (κ3) is 3.03. The highest BCUT2D eigenvalue weighted by molar-refractivity contribution is 5.91. The maximum absolute atomic E-state index is 11.5. The molecule has 2 rings (SSSR count). The van der Waals surface area contributed by atoms with E-state index in [-0.39, 0.29) is 11.5 Å². The zero-order valence-corrected chi connectivity index (χ0v) is 11.0. The summed E-state index contributed by atoms with van der Waals surface area (Å²) in [5, 5.41) is 8.97. The van der Waals surface area contributed by atoms with E-state index in [4.69, 9.17) is 9.84 Å². The van der Waals surface area contributed by atoms with Gasteiger partial charge in [0.2, 0.25) is 0 Å². The number of aromatic carboxylic acids is 1. The first-order valence-electron chi connectivity index (χ1n) is 6.22. The van der Waals surface area contributed by atoms with Crippen LogP contribution in [-0.4, -0.2) is 23.7 Å². The van der Waals surface area contributed by atoms with Gasteiger partial charge in [-0.15, -0.1) is 0 Å². The van der Waals surface area contributed by atoms with Crippen LogP contribution in [0.4, 0.5) is 0 Å². The summed E-state index contributed by atoms with van der Waals surface area (Å²) in [5.74, 6) is -1.33. The van der Waals surface area contributed by atoms with E-state index in [0.717, 1.165) is 11.1 Å². The van der Waals surface area contributed by atoms with Crippen molar-refractivity contribution >= 4 is 11.9 Å². The number of rotatable bonds is 4. The van der Waals surface area contributed by atoms with Crippen molar-refractivity contribution in [2.24, 2.45) is 0 Å². The SMILES string of the molecule is CCOC(=O)c1ccc(-c2cccc(C(=O)O)c2)cc1. The van der Waals surface area contributed by atoms with Gasteiger partial charge in [0, 0.05) is 0 Å². The van der Waals surface area contributed by atoms with Crippen LogP contribution in [0.5, 0.6) is 0 Å². The number of esters is 1. The number of carbonyl (C=O) groups is 2. The smallest absolute Gasteiger partial charge is 0.338 e. The van der Waals surface area contributed by atoms with Crippen LogP contribution in [0.25, 0.3) is 11.1 Å². The topological polar surface area (TPSA) is 63.6 Å². The molecule has 2 aromatic carbocycles. The monoisotopic (exact) mass is 270 g/mol. The summed E-state index contributed by atoms with van der Waals surface area (Å²) in [6, 6.07) is 13.5. The van der Waals surface area contributed by atoms with Crippen LogP contribution >= 0.6 is 0 Å². The second-order valence-corrected chi connectivity index (χ2v) is 4.18. The second kappa shape index (κ2) is 6.02. The fourth-order valence-corrected chi connectivity index (χ4v) is 1.84. The lowest BCUT2D eigenvalue weighted by Gasteiger charge is -2.05. The first-order chi connectivity index (χ1) is 9.61. The minimum Gasteiger partial charge on any atom is -0.478 e. The molecule has 0 fully saturated rings. The molecule has 20 heavy (non-hydrogen) atoms. The largest absolute Gasteiger partial charge is 0.478 e. The molecule has 4 heteroatoms. The summed E-state index contributed by atoms with van der Waals surface area (Å²) >= 11 is 0. The minimum atomic E-state index is -0.963. The van der Waals surface area contributed by atoms with E-state index in [9.17, 15) is 9.59 Å². The van der Waals surface area contributed by atoms with Gasteiger partial charge in [-0.3, -0.25) is 0 Å². The lowest BCUT2D eigenvalue weighted by molar-refractivity contribution is 0.0526. The first kappa shape index (κ1) is 13.8. The average Bonchev–Trinajstić information content (AvgIpc) is 2.48. The molecule has 0 spiro atoms. The molecular formula is C16H14O4. The number of carbonyl (C=O) groups excluding carboxylic acids is 1. The van der Waals surface area contributed by atoms with Crippen molar-refractivity contribution in [3.63, 3.8) is 0 Å². The Morgan fingerprint density at radius 3 is 2.30 bits per heavy atom. The van der Waals surface area contributed by atoms with E-state index in [2.05, 4.69) is 0 Å². The van der Waals surface area contributed by atoms with E-state index in [1.54, 1.807) is 49.4 Å². The Morgan fingerprint density at radius 2 is 1.70 bits per heavy atom. The maximum Gasteiger partial charge on any atom is 0.338 e. The number of hydrogen-bond donors (Lipinski definition) is 1. The Morgan fingerprint density at radius 1 is 1.00 bits per heavy atom. The predicted octanol–water partition coefficient (Wildman–Crippen LogP) is 3.23. The Balaban J connectivity index is 2.28. The Labute approximate surface area is 116 Å². The lowest BCUT2D eigenvalue weighted by atomic mass is 10.0. The second-order valence-electron chi connectivity index (χ2n) is 4.18. The average molecular weight is 270 g/mol. The van der Waals surface area contributed by atoms with Crippen LogP contribution in [0.2, 0.25) is 0 Å². The van der Waals surface area contributed by atoms with Crippen molar-refractivity contribution in [3.8, 4) is 11.1 Å². The van der Waals surface area contributed by atoms with Crippen molar-refractivity contribution in [1.29, 1.82) is 0 Å². The molecule has 4 nitrogen and oxygen atoms in total. The molecule has 0 saturated carbocycles. The molecule has 0 atom stereocenters. The maximum atomic E-state index is 11.5. The zero-order chi connectivity index (χ0) is 14.5. The van der Waals surface area contributed by atoms with E-state index >= 15 is 0 Å². The molecule has 2 aromatic rings. The van der Waals surface area contributed by atoms with Gasteiger partial charge in [0.1, 0.15) is 0 Å². The van der Waals surface area contributed by atoms with Crippen LogP contribution in [0, 0.1) is 0 Å². The molecule has 1 N–H and O–H groups in total. The normalized spacial score (nSPS) is 10.1. The Kier molecular flexibility index (Phi) is 4.15. The van der Waals surface area contributed by atoms with Crippen LogP contribution in [0.3, 0.4) is 0 Å². The number of carboxylic acid groups (broad SMARTS) is 1. The molecule has 0 unspecified atom stereocenters. The zero-order valence-electron chi connectivity index (χ0n) is 11.0. The van der Waals surface area contributed by atoms with Crippen molar-refractivity contribution in [3.05, 3.63) is 59.7 Å². The summed E-state index contributed by atoms with van der Waals surface area (Å²) in [6.45, 7) is 2.09. The van der Waals surface area contributed by atoms with Gasteiger partial charge in [0.05, 0.1) is 17.7 Å². The Hall–Kier alpha value is -2.62. The fraction of sp³-hybridized carbons (Fsp3) is 0.125. The van der Waals surface area contributed by atoms with E-state index in [1.165, 1.54) is 0 Å². The minimum absolute atomic E-state index is 0.233. The highest BCUT2D eigenvalue weighted by Gasteiger charge is 2.08. The van der Waals surface area contributed by atoms with Crippen molar-refractivity contribution < 1.29 is 19.4 Å². The van der Waals surface area contributed by atoms with Crippen molar-refractivity contribution in [2.45, 2.75) is 6.92 Å². The summed E-state index contributed by atoms with van der Waals surface area (Å²) in [7, 11) is 0. The third-order valence-corrected chi connectivity index (χ3v) is 2.84. The molecule has 102 valence electrons. The van der Waals surface area contributed by atoms with Crippen LogP contribution < -0.4 is 0 Å². The molecule has 0 aliphatic rings. The third-order valence-electron chi connectivity index (χ3n) is 2.84. The standard InChI is InChI=1S/C16H14O4/c1-2-20-16(19)12-8-6-11(7-9-12)13-4-3-5-14(10-13)15(17)18/h3-10H,2H2,1H3,(H,17,18). The number of hydrogen-bond acceptors (Lipinski definition) is 3. The van der Waals surface area contributed by atoms with Gasteiger partial charge in [0.25, 0.3) is 0 Å². The van der Waals surface area contributed by atoms with Crippen LogP contribution in [-0.2, 0) is 4.74 Å². The number of carboxylic acids is 1. The summed E-state index contributed by atoms with van der Waals surface area (Å²) in [5.41, 5.74) is 2.35. The molecular weight excluding hydrogens is 256 g/mol. The quantitative estimate of drug-likeness (QED) is 0.866. The number of ether oxygens (including phenoxy) is 1. The van der Waals surface area contributed by atoms with Gasteiger partial charge in [-0.2, -0.15) is 0 Å². The molecule has 0 aliphatic carbocycles. The van der Waals surface area contributed by atoms with Gasteiger partial charge in [0.15, 0.2) is 0 Å². The molecule has 0 aliphatic heterocycles. The van der Waals surface area contributed by atoms with Gasteiger partial charge in [-0.05, 0) is 42.3 Å². The summed E-state index contributed by atoms with van der Waals surface area (Å²) < 4.78 is 4.91. The fourth-order valence-electron chi connectivity index (χ4n) is 1.84. The van der Waals surface area contributed by atoms with Crippen LogP contribution in [0.15, 0.2) is 48.5 Å². The Bertz CT molecular complexity index is 629. The molecule has 0 saturated heterocycles. The molecule has 0 heterocycles. The van der Waals surface area contributed by atoms with E-state index < -0.39 is 5.97 Å². The first-order valence-corrected chi connectivity index (χ1v) is 6.22. The molecule has 0 bridgehead atoms. The highest BCUT2D eigenvalue weighted by Crippen LogP contribution is 2.21. The van der Waals surface area contributed by atoms with Crippen LogP contribution in [0.1, 0.15) is 27.6 Å². The molecule has 0 radical (unpaired) electrons. The van der Waals surface area contributed by atoms with Crippen molar-refractivity contribution in [1.82, 2.24) is 0 Å². The lowest BCUT2D eigenvalue weighted by Crippen LogP contribution is -2.04. The molecule has 0 amide bonds. The van der Waals surface area contributed by atoms with Gasteiger partial charge in [-0.25, -0.2) is 9.59 Å². The summed E-state index contributed by atoms with van der Waals surface area (Å²) in [4.78, 5) is 22.5. The van der Waals surface area contributed by atoms with E-state index in [1.807, 2.05) is 6.07 Å². The predicted molar refractivity (Wildman–Crippen MR) is 74.8 cm³/mol.